The van der Waals surface area contributed by atoms with Crippen LogP contribution in [0.3, 0.4) is 0 Å². The first kappa shape index (κ1) is 17.5. The average Bonchev–Trinajstić information content (AvgIpc) is 2.69. The van der Waals surface area contributed by atoms with E-state index in [1.165, 1.54) is 0 Å². The highest BCUT2D eigenvalue weighted by molar-refractivity contribution is 6.00. The molecule has 0 saturated carbocycles. The lowest BCUT2D eigenvalue weighted by Crippen LogP contribution is -2.41. The Morgan fingerprint density at radius 1 is 1.08 bits per heavy atom. The molecule has 1 N–H and O–H groups in total. The van der Waals surface area contributed by atoms with Crippen LogP contribution in [0, 0.1) is 0 Å². The summed E-state index contributed by atoms with van der Waals surface area (Å²) < 4.78 is 5.35. The lowest BCUT2D eigenvalue weighted by atomic mass is 10.1. The van der Waals surface area contributed by atoms with Crippen molar-refractivity contribution in [2.75, 3.05) is 51.3 Å². The van der Waals surface area contributed by atoms with Gasteiger partial charge in [-0.05, 0) is 24.3 Å². The van der Waals surface area contributed by atoms with Crippen LogP contribution < -0.4 is 10.2 Å². The number of amides is 1. The number of rotatable bonds is 6. The van der Waals surface area contributed by atoms with Crippen molar-refractivity contribution in [3.05, 3.63) is 60.2 Å². The number of nitrogens with one attached hydrogen (secondary N) is 1. The number of morpholine rings is 1. The molecular weight excluding hydrogens is 314 g/mol. The Labute approximate surface area is 149 Å². The zero-order valence-corrected chi connectivity index (χ0v) is 14.6. The summed E-state index contributed by atoms with van der Waals surface area (Å²) in [6, 6.07) is 17.8. The molecular formula is C20H25N3O2. The summed E-state index contributed by atoms with van der Waals surface area (Å²) in [6.07, 6.45) is 0. The third-order valence-electron chi connectivity index (χ3n) is 4.47. The van der Waals surface area contributed by atoms with Crippen molar-refractivity contribution >= 4 is 17.3 Å². The summed E-state index contributed by atoms with van der Waals surface area (Å²) in [5.74, 6) is -0.0355. The maximum Gasteiger partial charge on any atom is 0.253 e. The van der Waals surface area contributed by atoms with E-state index in [1.54, 1.807) is 0 Å². The molecule has 132 valence electrons. The average molecular weight is 339 g/mol. The highest BCUT2D eigenvalue weighted by atomic mass is 16.5. The SMILES string of the molecule is CN(c1ccccc1)c1ccccc1C(=O)NCCN1CCOCC1. The molecule has 5 heteroatoms. The van der Waals surface area contributed by atoms with Crippen molar-refractivity contribution in [2.45, 2.75) is 0 Å². The van der Waals surface area contributed by atoms with Gasteiger partial charge in [0.2, 0.25) is 0 Å². The molecule has 0 aliphatic carbocycles. The van der Waals surface area contributed by atoms with Crippen LogP contribution in [0.2, 0.25) is 0 Å². The zero-order valence-electron chi connectivity index (χ0n) is 14.6. The zero-order chi connectivity index (χ0) is 17.5. The molecule has 0 spiro atoms. The van der Waals surface area contributed by atoms with Crippen LogP contribution in [-0.2, 0) is 4.74 Å². The van der Waals surface area contributed by atoms with Crippen molar-refractivity contribution in [2.24, 2.45) is 0 Å². The Morgan fingerprint density at radius 2 is 1.76 bits per heavy atom. The van der Waals surface area contributed by atoms with Crippen molar-refractivity contribution in [3.8, 4) is 0 Å². The van der Waals surface area contributed by atoms with Crippen LogP contribution in [0.1, 0.15) is 10.4 Å². The number of benzene rings is 2. The van der Waals surface area contributed by atoms with Gasteiger partial charge in [-0.2, -0.15) is 0 Å². The van der Waals surface area contributed by atoms with Gasteiger partial charge in [0.15, 0.2) is 0 Å². The fourth-order valence-corrected chi connectivity index (χ4v) is 3.00. The third-order valence-corrected chi connectivity index (χ3v) is 4.47. The number of carbonyl (C=O) groups excluding carboxylic acids is 1. The Morgan fingerprint density at radius 3 is 2.52 bits per heavy atom. The van der Waals surface area contributed by atoms with Gasteiger partial charge in [-0.1, -0.05) is 30.3 Å². The summed E-state index contributed by atoms with van der Waals surface area (Å²) >= 11 is 0. The molecule has 2 aromatic carbocycles. The highest BCUT2D eigenvalue weighted by Gasteiger charge is 2.15. The third kappa shape index (κ3) is 4.59. The minimum Gasteiger partial charge on any atom is -0.379 e. The smallest absolute Gasteiger partial charge is 0.253 e. The van der Waals surface area contributed by atoms with E-state index < -0.39 is 0 Å². The highest BCUT2D eigenvalue weighted by Crippen LogP contribution is 2.26. The molecule has 0 radical (unpaired) electrons. The summed E-state index contributed by atoms with van der Waals surface area (Å²) in [5, 5.41) is 3.04. The number of hydrogen-bond acceptors (Lipinski definition) is 4. The molecule has 3 rings (SSSR count). The summed E-state index contributed by atoms with van der Waals surface area (Å²) in [7, 11) is 1.98. The lowest BCUT2D eigenvalue weighted by molar-refractivity contribution is 0.0383. The van der Waals surface area contributed by atoms with Gasteiger partial charge >= 0.3 is 0 Å². The molecule has 1 fully saturated rings. The number of nitrogens with zero attached hydrogens (tertiary/aromatic N) is 2. The van der Waals surface area contributed by atoms with Gasteiger partial charge in [-0.25, -0.2) is 0 Å². The summed E-state index contributed by atoms with van der Waals surface area (Å²) in [4.78, 5) is 17.0. The second kappa shape index (κ2) is 8.65. The van der Waals surface area contributed by atoms with Gasteiger partial charge in [0.25, 0.3) is 5.91 Å². The monoisotopic (exact) mass is 339 g/mol. The predicted molar refractivity (Wildman–Crippen MR) is 101 cm³/mol. The predicted octanol–water partition coefficient (Wildman–Crippen LogP) is 2.52. The Balaban J connectivity index is 1.64. The molecule has 0 bridgehead atoms. The first-order valence-corrected chi connectivity index (χ1v) is 8.72. The molecule has 0 atom stereocenters. The normalized spacial score (nSPS) is 14.9. The fourth-order valence-electron chi connectivity index (χ4n) is 3.00. The number of carbonyl (C=O) groups is 1. The van der Waals surface area contributed by atoms with Gasteiger partial charge in [0.1, 0.15) is 0 Å². The Bertz CT molecular complexity index is 684. The molecule has 2 aromatic rings. The second-order valence-electron chi connectivity index (χ2n) is 6.12. The molecule has 1 amide bonds. The van der Waals surface area contributed by atoms with E-state index >= 15 is 0 Å². The molecule has 0 unspecified atom stereocenters. The van der Waals surface area contributed by atoms with E-state index in [0.29, 0.717) is 12.1 Å². The maximum absolute atomic E-state index is 12.7. The molecule has 0 aromatic heterocycles. The van der Waals surface area contributed by atoms with Crippen LogP contribution in [0.5, 0.6) is 0 Å². The van der Waals surface area contributed by atoms with Crippen LogP contribution in [0.25, 0.3) is 0 Å². The minimum absolute atomic E-state index is 0.0355. The van der Waals surface area contributed by atoms with Gasteiger partial charge in [-0.3, -0.25) is 9.69 Å². The van der Waals surface area contributed by atoms with Crippen molar-refractivity contribution in [1.29, 1.82) is 0 Å². The van der Waals surface area contributed by atoms with Gasteiger partial charge in [-0.15, -0.1) is 0 Å². The van der Waals surface area contributed by atoms with Crippen LogP contribution in [-0.4, -0.2) is 57.2 Å². The van der Waals surface area contributed by atoms with Crippen molar-refractivity contribution in [3.63, 3.8) is 0 Å². The van der Waals surface area contributed by atoms with Gasteiger partial charge in [0.05, 0.1) is 24.5 Å². The number of ether oxygens (including phenoxy) is 1. The van der Waals surface area contributed by atoms with E-state index in [0.717, 1.165) is 44.2 Å². The van der Waals surface area contributed by atoms with E-state index in [4.69, 9.17) is 4.74 Å². The molecule has 5 nitrogen and oxygen atoms in total. The largest absolute Gasteiger partial charge is 0.379 e. The number of hydrogen-bond donors (Lipinski definition) is 1. The lowest BCUT2D eigenvalue weighted by Gasteiger charge is -2.26. The van der Waals surface area contributed by atoms with Crippen LogP contribution in [0.4, 0.5) is 11.4 Å². The molecule has 1 aliphatic heterocycles. The van der Waals surface area contributed by atoms with Gasteiger partial charge in [0, 0.05) is 38.9 Å². The molecule has 1 aliphatic rings. The number of para-hydroxylation sites is 2. The standard InChI is InChI=1S/C20H25N3O2/c1-22(17-7-3-2-4-8-17)19-10-6-5-9-18(19)20(24)21-11-12-23-13-15-25-16-14-23/h2-10H,11-16H2,1H3,(H,21,24). The van der Waals surface area contributed by atoms with E-state index in [2.05, 4.69) is 10.2 Å². The fraction of sp³-hybridized carbons (Fsp3) is 0.350. The van der Waals surface area contributed by atoms with Gasteiger partial charge < -0.3 is 15.0 Å². The summed E-state index contributed by atoms with van der Waals surface area (Å²) in [5.41, 5.74) is 2.64. The first-order valence-electron chi connectivity index (χ1n) is 8.72. The molecule has 1 saturated heterocycles. The van der Waals surface area contributed by atoms with Crippen molar-refractivity contribution < 1.29 is 9.53 Å². The van der Waals surface area contributed by atoms with Crippen molar-refractivity contribution in [1.82, 2.24) is 10.2 Å². The molecule has 25 heavy (non-hydrogen) atoms. The quantitative estimate of drug-likeness (QED) is 0.878. The number of anilines is 2. The molecule has 1 heterocycles. The van der Waals surface area contributed by atoms with E-state index in [-0.39, 0.29) is 5.91 Å². The van der Waals surface area contributed by atoms with E-state index in [9.17, 15) is 4.79 Å². The van der Waals surface area contributed by atoms with E-state index in [1.807, 2.05) is 66.5 Å². The Kier molecular flexibility index (Phi) is 6.04. The second-order valence-corrected chi connectivity index (χ2v) is 6.12. The topological polar surface area (TPSA) is 44.8 Å². The van der Waals surface area contributed by atoms with Crippen LogP contribution >= 0.6 is 0 Å². The maximum atomic E-state index is 12.7. The summed E-state index contributed by atoms with van der Waals surface area (Å²) in [6.45, 7) is 4.91. The van der Waals surface area contributed by atoms with Crippen LogP contribution in [0.15, 0.2) is 54.6 Å². The first-order chi connectivity index (χ1) is 12.3. The Hall–Kier alpha value is -2.37. The minimum atomic E-state index is -0.0355.